The van der Waals surface area contributed by atoms with Gasteiger partial charge in [-0.2, -0.15) is 0 Å². The second kappa shape index (κ2) is 4.94. The minimum absolute atomic E-state index is 0.345. The highest BCUT2D eigenvalue weighted by Crippen LogP contribution is 2.17. The molecule has 1 aliphatic heterocycles. The van der Waals surface area contributed by atoms with Gasteiger partial charge in [0.15, 0.2) is 0 Å². The van der Waals surface area contributed by atoms with Crippen molar-refractivity contribution in [2.75, 3.05) is 25.1 Å². The number of carbonyl (C=O) groups is 1. The van der Waals surface area contributed by atoms with Gasteiger partial charge >= 0.3 is 5.97 Å². The molecule has 0 aliphatic carbocycles. The summed E-state index contributed by atoms with van der Waals surface area (Å²) in [7, 11) is 0. The van der Waals surface area contributed by atoms with Crippen LogP contribution in [0.5, 0.6) is 0 Å². The number of carbonyl (C=O) groups excluding carboxylic acids is 1. The lowest BCUT2D eigenvalue weighted by atomic mass is 10.2. The Hall–Kier alpha value is -1.62. The maximum absolute atomic E-state index is 11.5. The number of aromatic nitrogens is 1. The van der Waals surface area contributed by atoms with Crippen molar-refractivity contribution in [3.8, 4) is 0 Å². The van der Waals surface area contributed by atoms with Gasteiger partial charge in [0, 0.05) is 18.3 Å². The summed E-state index contributed by atoms with van der Waals surface area (Å²) in [6.07, 6.45) is 1.52. The molecule has 16 heavy (non-hydrogen) atoms. The molecule has 1 aliphatic rings. The fourth-order valence-corrected chi connectivity index (χ4v) is 1.53. The molecule has 0 bridgehead atoms. The van der Waals surface area contributed by atoms with Crippen LogP contribution in [0.2, 0.25) is 0 Å². The molecule has 0 aromatic carbocycles. The maximum atomic E-state index is 11.5. The van der Waals surface area contributed by atoms with Crippen molar-refractivity contribution in [3.63, 3.8) is 0 Å². The molecule has 86 valence electrons. The Morgan fingerprint density at radius 2 is 2.56 bits per heavy atom. The second-order valence-electron chi connectivity index (χ2n) is 3.43. The number of fused-ring (bicyclic) bond motifs is 1. The van der Waals surface area contributed by atoms with Crippen LogP contribution in [0.25, 0.3) is 0 Å². The summed E-state index contributed by atoms with van der Waals surface area (Å²) in [5, 5.41) is 3.14. The van der Waals surface area contributed by atoms with E-state index in [2.05, 4.69) is 10.3 Å². The topological polar surface area (TPSA) is 60.5 Å². The zero-order chi connectivity index (χ0) is 11.4. The molecular formula is C11H14N2O3. The van der Waals surface area contributed by atoms with Crippen LogP contribution in [-0.4, -0.2) is 30.7 Å². The maximum Gasteiger partial charge on any atom is 0.339 e. The molecule has 1 N–H and O–H groups in total. The Morgan fingerprint density at radius 1 is 1.69 bits per heavy atom. The third-order valence-electron chi connectivity index (χ3n) is 2.27. The van der Waals surface area contributed by atoms with Gasteiger partial charge in [-0.25, -0.2) is 9.78 Å². The summed E-state index contributed by atoms with van der Waals surface area (Å²) in [5.41, 5.74) is 1.36. The molecule has 0 amide bonds. The average molecular weight is 222 g/mol. The molecule has 0 atom stereocenters. The third kappa shape index (κ3) is 2.30. The normalized spacial score (nSPS) is 14.6. The van der Waals surface area contributed by atoms with Crippen LogP contribution in [0.15, 0.2) is 12.3 Å². The highest BCUT2D eigenvalue weighted by atomic mass is 16.5. The molecule has 2 rings (SSSR count). The number of hydrogen-bond donors (Lipinski definition) is 1. The number of nitrogens with zero attached hydrogens (tertiary/aromatic N) is 1. The molecular weight excluding hydrogens is 208 g/mol. The van der Waals surface area contributed by atoms with Gasteiger partial charge in [-0.1, -0.05) is 0 Å². The van der Waals surface area contributed by atoms with E-state index in [1.807, 2.05) is 0 Å². The van der Waals surface area contributed by atoms with Crippen LogP contribution < -0.4 is 5.32 Å². The van der Waals surface area contributed by atoms with Crippen LogP contribution in [0.4, 0.5) is 5.82 Å². The first kappa shape index (κ1) is 10.9. The van der Waals surface area contributed by atoms with Gasteiger partial charge in [0.05, 0.1) is 25.4 Å². The van der Waals surface area contributed by atoms with E-state index in [0.29, 0.717) is 25.4 Å². The monoisotopic (exact) mass is 222 g/mol. The fourth-order valence-electron chi connectivity index (χ4n) is 1.53. The van der Waals surface area contributed by atoms with Crippen molar-refractivity contribution in [1.82, 2.24) is 4.98 Å². The van der Waals surface area contributed by atoms with Gasteiger partial charge in [0.1, 0.15) is 5.82 Å². The third-order valence-corrected chi connectivity index (χ3v) is 2.27. The number of anilines is 1. The summed E-state index contributed by atoms with van der Waals surface area (Å²) in [5.74, 6) is 0.438. The number of pyridine rings is 1. The Kier molecular flexibility index (Phi) is 3.36. The molecule has 5 heteroatoms. The van der Waals surface area contributed by atoms with Crippen molar-refractivity contribution in [2.45, 2.75) is 13.5 Å². The van der Waals surface area contributed by atoms with Crippen LogP contribution in [0.3, 0.4) is 0 Å². The zero-order valence-electron chi connectivity index (χ0n) is 9.16. The van der Waals surface area contributed by atoms with Crippen molar-refractivity contribution in [1.29, 1.82) is 0 Å². The van der Waals surface area contributed by atoms with Crippen molar-refractivity contribution in [3.05, 3.63) is 23.4 Å². The largest absolute Gasteiger partial charge is 0.462 e. The first-order valence-electron chi connectivity index (χ1n) is 5.29. The van der Waals surface area contributed by atoms with E-state index in [1.165, 1.54) is 6.20 Å². The minimum atomic E-state index is -0.345. The molecule has 0 saturated heterocycles. The number of hydrogen-bond acceptors (Lipinski definition) is 5. The van der Waals surface area contributed by atoms with Gasteiger partial charge in [-0.15, -0.1) is 0 Å². The van der Waals surface area contributed by atoms with E-state index in [1.54, 1.807) is 13.0 Å². The highest BCUT2D eigenvalue weighted by molar-refractivity contribution is 5.89. The Bertz CT molecular complexity index is 393. The van der Waals surface area contributed by atoms with E-state index in [9.17, 15) is 4.79 Å². The van der Waals surface area contributed by atoms with Gasteiger partial charge in [-0.3, -0.25) is 0 Å². The van der Waals surface area contributed by atoms with Crippen molar-refractivity contribution in [2.24, 2.45) is 0 Å². The first-order chi connectivity index (χ1) is 7.81. The molecule has 0 spiro atoms. The second-order valence-corrected chi connectivity index (χ2v) is 3.43. The average Bonchev–Trinajstić information content (AvgIpc) is 2.53. The van der Waals surface area contributed by atoms with Gasteiger partial charge in [0.2, 0.25) is 0 Å². The summed E-state index contributed by atoms with van der Waals surface area (Å²) in [4.78, 5) is 15.7. The molecule has 5 nitrogen and oxygen atoms in total. The first-order valence-corrected chi connectivity index (χ1v) is 5.29. The molecule has 0 saturated carbocycles. The highest BCUT2D eigenvalue weighted by Gasteiger charge is 2.13. The summed E-state index contributed by atoms with van der Waals surface area (Å²) >= 11 is 0. The van der Waals surface area contributed by atoms with Crippen LogP contribution in [0.1, 0.15) is 22.8 Å². The molecule has 1 aromatic heterocycles. The number of rotatable bonds is 2. The number of esters is 1. The molecule has 1 aromatic rings. The van der Waals surface area contributed by atoms with Crippen LogP contribution in [-0.2, 0) is 16.1 Å². The summed E-state index contributed by atoms with van der Waals surface area (Å²) in [6, 6.07) is 1.76. The Balaban J connectivity index is 2.23. The summed E-state index contributed by atoms with van der Waals surface area (Å²) in [6.45, 7) is 4.00. The van der Waals surface area contributed by atoms with Gasteiger partial charge < -0.3 is 14.8 Å². The predicted octanol–water partition coefficient (Wildman–Crippen LogP) is 1.20. The lowest BCUT2D eigenvalue weighted by Gasteiger charge is -2.07. The predicted molar refractivity (Wildman–Crippen MR) is 58.3 cm³/mol. The Labute approximate surface area is 93.8 Å². The molecule has 0 radical (unpaired) electrons. The van der Waals surface area contributed by atoms with E-state index in [-0.39, 0.29) is 5.97 Å². The molecule has 0 fully saturated rings. The van der Waals surface area contributed by atoms with Crippen LogP contribution >= 0.6 is 0 Å². The quantitative estimate of drug-likeness (QED) is 0.762. The van der Waals surface area contributed by atoms with Crippen molar-refractivity contribution < 1.29 is 14.3 Å². The smallest absolute Gasteiger partial charge is 0.339 e. The summed E-state index contributed by atoms with van der Waals surface area (Å²) < 4.78 is 10.3. The van der Waals surface area contributed by atoms with E-state index in [4.69, 9.17) is 9.47 Å². The van der Waals surface area contributed by atoms with E-state index >= 15 is 0 Å². The molecule has 2 heterocycles. The Morgan fingerprint density at radius 3 is 3.38 bits per heavy atom. The van der Waals surface area contributed by atoms with Gasteiger partial charge in [0.25, 0.3) is 0 Å². The number of nitrogens with one attached hydrogen (secondary N) is 1. The number of ether oxygens (including phenoxy) is 2. The lowest BCUT2D eigenvalue weighted by molar-refractivity contribution is 0.0525. The van der Waals surface area contributed by atoms with E-state index < -0.39 is 0 Å². The van der Waals surface area contributed by atoms with Gasteiger partial charge in [-0.05, 0) is 13.0 Å². The standard InChI is InChI=1S/C11H14N2O3/c1-2-16-11(14)8-5-9-7-15-4-3-12-10(9)13-6-8/h5-6H,2-4,7H2,1H3,(H,12,13). The molecule has 0 unspecified atom stereocenters. The SMILES string of the molecule is CCOC(=O)c1cnc2c(c1)COCCN2. The zero-order valence-corrected chi connectivity index (χ0v) is 9.16. The van der Waals surface area contributed by atoms with E-state index in [0.717, 1.165) is 17.9 Å². The van der Waals surface area contributed by atoms with Crippen LogP contribution in [0, 0.1) is 0 Å². The fraction of sp³-hybridized carbons (Fsp3) is 0.455. The van der Waals surface area contributed by atoms with Crippen molar-refractivity contribution >= 4 is 11.8 Å². The minimum Gasteiger partial charge on any atom is -0.462 e. The lowest BCUT2D eigenvalue weighted by Crippen LogP contribution is -2.08.